The highest BCUT2D eigenvalue weighted by atomic mass is 79.9. The number of rotatable bonds is 9. The van der Waals surface area contributed by atoms with Gasteiger partial charge in [0.15, 0.2) is 0 Å². The molecule has 0 amide bonds. The molecule has 0 aliphatic carbocycles. The molecule has 1 N–H and O–H groups in total. The second-order valence-electron chi connectivity index (χ2n) is 6.91. The molecule has 1 atom stereocenters. The van der Waals surface area contributed by atoms with E-state index in [1.54, 1.807) is 6.07 Å². The van der Waals surface area contributed by atoms with Crippen molar-refractivity contribution in [1.82, 2.24) is 5.32 Å². The summed E-state index contributed by atoms with van der Waals surface area (Å²) in [7, 11) is 0. The van der Waals surface area contributed by atoms with Crippen molar-refractivity contribution in [2.24, 2.45) is 0 Å². The lowest BCUT2D eigenvalue weighted by atomic mass is 10.0. The first-order chi connectivity index (χ1) is 14.1. The van der Waals surface area contributed by atoms with Crippen LogP contribution in [-0.2, 0) is 13.2 Å². The van der Waals surface area contributed by atoms with E-state index in [9.17, 15) is 0 Å². The molecular formula is C24H25BrCl3NO. The van der Waals surface area contributed by atoms with E-state index in [1.165, 1.54) is 5.56 Å². The Kier molecular flexibility index (Phi) is 10.5. The molecule has 0 heterocycles. The number of benzene rings is 3. The van der Waals surface area contributed by atoms with Crippen molar-refractivity contribution in [3.8, 4) is 5.75 Å². The van der Waals surface area contributed by atoms with Crippen LogP contribution in [0.2, 0.25) is 10.0 Å². The lowest BCUT2D eigenvalue weighted by Crippen LogP contribution is -2.21. The summed E-state index contributed by atoms with van der Waals surface area (Å²) in [5.74, 6) is 0.843. The van der Waals surface area contributed by atoms with E-state index in [0.717, 1.165) is 34.2 Å². The summed E-state index contributed by atoms with van der Waals surface area (Å²) in [6.07, 6.45) is 2.19. The van der Waals surface area contributed by atoms with Crippen LogP contribution in [0.5, 0.6) is 5.75 Å². The molecule has 0 aliphatic heterocycles. The van der Waals surface area contributed by atoms with Crippen LogP contribution in [0, 0.1) is 0 Å². The van der Waals surface area contributed by atoms with Gasteiger partial charge in [-0.15, -0.1) is 12.4 Å². The van der Waals surface area contributed by atoms with Gasteiger partial charge in [0.1, 0.15) is 12.4 Å². The SMILES string of the molecule is CCCC(NCc1cc(Br)ccc1OCc1ccc(Cl)cc1Cl)c1ccccc1.Cl. The molecule has 0 radical (unpaired) electrons. The first kappa shape index (κ1) is 25.0. The number of halogens is 4. The monoisotopic (exact) mass is 527 g/mol. The Morgan fingerprint density at radius 1 is 0.967 bits per heavy atom. The fraction of sp³-hybridized carbons (Fsp3) is 0.250. The summed E-state index contributed by atoms with van der Waals surface area (Å²) in [4.78, 5) is 0. The predicted octanol–water partition coefficient (Wildman–Crippen LogP) is 8.39. The average molecular weight is 530 g/mol. The van der Waals surface area contributed by atoms with E-state index in [1.807, 2.05) is 24.3 Å². The Balaban J connectivity index is 0.00000320. The summed E-state index contributed by atoms with van der Waals surface area (Å²) in [6.45, 7) is 3.31. The lowest BCUT2D eigenvalue weighted by Gasteiger charge is -2.20. The number of nitrogens with one attached hydrogen (secondary N) is 1. The highest BCUT2D eigenvalue weighted by molar-refractivity contribution is 9.10. The zero-order chi connectivity index (χ0) is 20.6. The molecule has 3 aromatic carbocycles. The molecule has 0 saturated carbocycles. The van der Waals surface area contributed by atoms with E-state index in [0.29, 0.717) is 29.2 Å². The zero-order valence-corrected chi connectivity index (χ0v) is 20.6. The molecule has 160 valence electrons. The van der Waals surface area contributed by atoms with Crippen LogP contribution < -0.4 is 10.1 Å². The average Bonchev–Trinajstić information content (AvgIpc) is 2.72. The van der Waals surface area contributed by atoms with Crippen molar-refractivity contribution in [3.05, 3.63) is 97.9 Å². The molecule has 0 bridgehead atoms. The van der Waals surface area contributed by atoms with Crippen molar-refractivity contribution in [2.45, 2.75) is 39.0 Å². The molecule has 2 nitrogen and oxygen atoms in total. The van der Waals surface area contributed by atoms with Gasteiger partial charge in [-0.2, -0.15) is 0 Å². The molecule has 0 saturated heterocycles. The quantitative estimate of drug-likeness (QED) is 0.301. The Labute approximate surface area is 203 Å². The van der Waals surface area contributed by atoms with Gasteiger partial charge in [-0.05, 0) is 42.3 Å². The Morgan fingerprint density at radius 3 is 2.43 bits per heavy atom. The zero-order valence-electron chi connectivity index (χ0n) is 16.7. The maximum Gasteiger partial charge on any atom is 0.124 e. The van der Waals surface area contributed by atoms with E-state index < -0.39 is 0 Å². The van der Waals surface area contributed by atoms with Gasteiger partial charge in [-0.1, -0.05) is 88.9 Å². The van der Waals surface area contributed by atoms with Gasteiger partial charge >= 0.3 is 0 Å². The topological polar surface area (TPSA) is 21.3 Å². The molecule has 3 aromatic rings. The minimum Gasteiger partial charge on any atom is -0.489 e. The van der Waals surface area contributed by atoms with Crippen molar-refractivity contribution in [2.75, 3.05) is 0 Å². The molecule has 0 fully saturated rings. The van der Waals surface area contributed by atoms with Gasteiger partial charge in [-0.3, -0.25) is 0 Å². The Hall–Kier alpha value is -1.23. The van der Waals surface area contributed by atoms with Gasteiger partial charge in [0.2, 0.25) is 0 Å². The molecule has 0 aromatic heterocycles. The maximum atomic E-state index is 6.28. The normalized spacial score (nSPS) is 11.6. The van der Waals surface area contributed by atoms with Crippen LogP contribution in [0.1, 0.15) is 42.5 Å². The van der Waals surface area contributed by atoms with Crippen LogP contribution in [0.15, 0.2) is 71.2 Å². The van der Waals surface area contributed by atoms with E-state index in [-0.39, 0.29) is 12.4 Å². The molecule has 30 heavy (non-hydrogen) atoms. The van der Waals surface area contributed by atoms with Crippen LogP contribution in [-0.4, -0.2) is 0 Å². The molecule has 6 heteroatoms. The predicted molar refractivity (Wildman–Crippen MR) is 133 cm³/mol. The maximum absolute atomic E-state index is 6.28. The van der Waals surface area contributed by atoms with Gasteiger partial charge in [-0.25, -0.2) is 0 Å². The highest BCUT2D eigenvalue weighted by Crippen LogP contribution is 2.28. The summed E-state index contributed by atoms with van der Waals surface area (Å²) in [5, 5.41) is 4.93. The van der Waals surface area contributed by atoms with Crippen LogP contribution in [0.3, 0.4) is 0 Å². The van der Waals surface area contributed by atoms with E-state index in [4.69, 9.17) is 27.9 Å². The molecule has 3 rings (SSSR count). The molecular weight excluding hydrogens is 505 g/mol. The van der Waals surface area contributed by atoms with Crippen LogP contribution >= 0.6 is 51.5 Å². The standard InChI is InChI=1S/C24H24BrCl2NO.ClH/c1-2-6-23(17-7-4-3-5-8-17)28-15-19-13-20(25)10-12-24(19)29-16-18-9-11-21(26)14-22(18)27;/h3-5,7-14,23,28H,2,6,15-16H2,1H3;1H. The van der Waals surface area contributed by atoms with Gasteiger partial charge in [0.05, 0.1) is 0 Å². The number of hydrogen-bond acceptors (Lipinski definition) is 2. The number of ether oxygens (including phenoxy) is 1. The van der Waals surface area contributed by atoms with Gasteiger partial charge < -0.3 is 10.1 Å². The second kappa shape index (κ2) is 12.6. The third kappa shape index (κ3) is 7.18. The van der Waals surface area contributed by atoms with E-state index >= 15 is 0 Å². The Bertz CT molecular complexity index is 937. The first-order valence-corrected chi connectivity index (χ1v) is 11.2. The minimum atomic E-state index is 0. The lowest BCUT2D eigenvalue weighted by molar-refractivity contribution is 0.301. The molecule has 0 aliphatic rings. The van der Waals surface area contributed by atoms with Gasteiger partial charge in [0.25, 0.3) is 0 Å². The fourth-order valence-electron chi connectivity index (χ4n) is 3.21. The summed E-state index contributed by atoms with van der Waals surface area (Å²) in [6, 6.07) is 22.4. The molecule has 0 spiro atoms. The van der Waals surface area contributed by atoms with Crippen molar-refractivity contribution < 1.29 is 4.74 Å². The summed E-state index contributed by atoms with van der Waals surface area (Å²) < 4.78 is 7.13. The van der Waals surface area contributed by atoms with Gasteiger partial charge in [0, 0.05) is 38.2 Å². The fourth-order valence-corrected chi connectivity index (χ4v) is 4.09. The van der Waals surface area contributed by atoms with E-state index in [2.05, 4.69) is 64.6 Å². The third-order valence-electron chi connectivity index (χ3n) is 4.74. The third-order valence-corrected chi connectivity index (χ3v) is 5.82. The Morgan fingerprint density at radius 2 is 1.73 bits per heavy atom. The smallest absolute Gasteiger partial charge is 0.124 e. The van der Waals surface area contributed by atoms with Crippen LogP contribution in [0.4, 0.5) is 0 Å². The van der Waals surface area contributed by atoms with Crippen molar-refractivity contribution >= 4 is 51.5 Å². The molecule has 1 unspecified atom stereocenters. The van der Waals surface area contributed by atoms with Crippen LogP contribution in [0.25, 0.3) is 0 Å². The van der Waals surface area contributed by atoms with Crippen molar-refractivity contribution in [3.63, 3.8) is 0 Å². The summed E-state index contributed by atoms with van der Waals surface area (Å²) >= 11 is 15.8. The van der Waals surface area contributed by atoms with Crippen molar-refractivity contribution in [1.29, 1.82) is 0 Å². The first-order valence-electron chi connectivity index (χ1n) is 9.70. The largest absolute Gasteiger partial charge is 0.489 e. The summed E-state index contributed by atoms with van der Waals surface area (Å²) in [5.41, 5.74) is 3.31. The second-order valence-corrected chi connectivity index (χ2v) is 8.67. The minimum absolute atomic E-state index is 0. The highest BCUT2D eigenvalue weighted by Gasteiger charge is 2.12. The number of hydrogen-bond donors (Lipinski definition) is 1.